The summed E-state index contributed by atoms with van der Waals surface area (Å²) in [6, 6.07) is 4.52. The van der Waals surface area contributed by atoms with Crippen LogP contribution < -0.4 is 10.1 Å². The maximum atomic E-state index is 12.8. The number of methoxy groups -OCH3 is 1. The van der Waals surface area contributed by atoms with Crippen LogP contribution in [0.15, 0.2) is 23.1 Å². The van der Waals surface area contributed by atoms with Gasteiger partial charge < -0.3 is 10.1 Å². The number of piperidine rings is 1. The molecule has 1 heterocycles. The Morgan fingerprint density at radius 1 is 1.36 bits per heavy atom. The van der Waals surface area contributed by atoms with Crippen LogP contribution in [0, 0.1) is 0 Å². The van der Waals surface area contributed by atoms with Crippen LogP contribution in [-0.2, 0) is 14.8 Å². The van der Waals surface area contributed by atoms with Crippen LogP contribution in [0.5, 0.6) is 5.75 Å². The molecule has 1 N–H and O–H groups in total. The predicted molar refractivity (Wildman–Crippen MR) is 84.5 cm³/mol. The summed E-state index contributed by atoms with van der Waals surface area (Å²) in [5, 5.41) is 2.60. The van der Waals surface area contributed by atoms with Crippen molar-refractivity contribution in [2.75, 3.05) is 19.0 Å². The zero-order valence-electron chi connectivity index (χ0n) is 13.1. The number of carbonyl (C=O) groups is 1. The second-order valence-corrected chi connectivity index (χ2v) is 7.39. The minimum absolute atomic E-state index is 0.00920. The molecule has 1 aromatic carbocycles. The van der Waals surface area contributed by atoms with Crippen molar-refractivity contribution in [2.45, 2.75) is 44.0 Å². The molecule has 0 spiro atoms. The zero-order chi connectivity index (χ0) is 16.3. The monoisotopic (exact) mass is 326 g/mol. The highest BCUT2D eigenvalue weighted by atomic mass is 32.2. The summed E-state index contributed by atoms with van der Waals surface area (Å²) in [6.07, 6.45) is 2.79. The summed E-state index contributed by atoms with van der Waals surface area (Å²) in [7, 11) is -2.09. The molecular weight excluding hydrogens is 304 g/mol. The molecule has 7 heteroatoms. The Hall–Kier alpha value is -1.60. The smallest absolute Gasteiger partial charge is 0.243 e. The summed E-state index contributed by atoms with van der Waals surface area (Å²) in [4.78, 5) is 11.4. The van der Waals surface area contributed by atoms with Crippen molar-refractivity contribution in [1.29, 1.82) is 0 Å². The fourth-order valence-corrected chi connectivity index (χ4v) is 4.43. The first-order valence-electron chi connectivity index (χ1n) is 7.33. The summed E-state index contributed by atoms with van der Waals surface area (Å²) < 4.78 is 32.3. The van der Waals surface area contributed by atoms with E-state index in [-0.39, 0.29) is 16.8 Å². The maximum Gasteiger partial charge on any atom is 0.243 e. The lowest BCUT2D eigenvalue weighted by Crippen LogP contribution is -2.41. The van der Waals surface area contributed by atoms with Gasteiger partial charge in [-0.05, 0) is 38.0 Å². The van der Waals surface area contributed by atoms with Crippen molar-refractivity contribution in [1.82, 2.24) is 4.31 Å². The molecule has 0 saturated carbocycles. The van der Waals surface area contributed by atoms with E-state index in [2.05, 4.69) is 5.32 Å². The number of nitrogens with one attached hydrogen (secondary N) is 1. The van der Waals surface area contributed by atoms with Crippen LogP contribution >= 0.6 is 0 Å². The predicted octanol–water partition coefficient (Wildman–Crippen LogP) is 2.22. The van der Waals surface area contributed by atoms with Gasteiger partial charge in [-0.2, -0.15) is 4.31 Å². The van der Waals surface area contributed by atoms with E-state index in [9.17, 15) is 13.2 Å². The number of carbonyl (C=O) groups excluding carboxylic acids is 1. The first kappa shape index (κ1) is 16.8. The van der Waals surface area contributed by atoms with E-state index < -0.39 is 10.0 Å². The highest BCUT2D eigenvalue weighted by Gasteiger charge is 2.31. The summed E-state index contributed by atoms with van der Waals surface area (Å²) in [5.41, 5.74) is 0.362. The molecule has 6 nitrogen and oxygen atoms in total. The molecule has 0 unspecified atom stereocenters. The van der Waals surface area contributed by atoms with E-state index in [4.69, 9.17) is 4.74 Å². The van der Waals surface area contributed by atoms with E-state index in [0.29, 0.717) is 18.0 Å². The number of hydrogen-bond donors (Lipinski definition) is 1. The normalized spacial score (nSPS) is 19.7. The van der Waals surface area contributed by atoms with Gasteiger partial charge in [0.25, 0.3) is 0 Å². The minimum Gasteiger partial charge on any atom is -0.495 e. The third-order valence-corrected chi connectivity index (χ3v) is 5.84. The Morgan fingerprint density at radius 2 is 2.09 bits per heavy atom. The molecule has 1 fully saturated rings. The maximum absolute atomic E-state index is 12.8. The van der Waals surface area contributed by atoms with Gasteiger partial charge in [-0.15, -0.1) is 0 Å². The number of rotatable bonds is 4. The number of benzene rings is 1. The Balaban J connectivity index is 2.40. The first-order valence-corrected chi connectivity index (χ1v) is 8.77. The molecule has 0 aromatic heterocycles. The Bertz CT molecular complexity index is 658. The van der Waals surface area contributed by atoms with Gasteiger partial charge in [0.15, 0.2) is 0 Å². The van der Waals surface area contributed by atoms with Crippen LogP contribution in [0.25, 0.3) is 0 Å². The third kappa shape index (κ3) is 3.41. The highest BCUT2D eigenvalue weighted by molar-refractivity contribution is 7.89. The summed E-state index contributed by atoms with van der Waals surface area (Å²) in [5.74, 6) is 0.153. The van der Waals surface area contributed by atoms with Crippen LogP contribution in [-0.4, -0.2) is 38.3 Å². The Labute approximate surface area is 131 Å². The molecule has 2 rings (SSSR count). The second-order valence-electron chi connectivity index (χ2n) is 5.50. The lowest BCUT2D eigenvalue weighted by atomic mass is 10.1. The molecule has 1 amide bonds. The fourth-order valence-electron chi connectivity index (χ4n) is 2.70. The van der Waals surface area contributed by atoms with Crippen LogP contribution in [0.1, 0.15) is 33.1 Å². The number of anilines is 1. The van der Waals surface area contributed by atoms with Crippen molar-refractivity contribution in [3.05, 3.63) is 18.2 Å². The number of hydrogen-bond acceptors (Lipinski definition) is 4. The number of ether oxygens (including phenoxy) is 1. The van der Waals surface area contributed by atoms with Gasteiger partial charge in [-0.25, -0.2) is 8.42 Å². The van der Waals surface area contributed by atoms with Gasteiger partial charge in [0.2, 0.25) is 15.9 Å². The van der Waals surface area contributed by atoms with Crippen molar-refractivity contribution in [2.24, 2.45) is 0 Å². The molecule has 0 aliphatic carbocycles. The lowest BCUT2D eigenvalue weighted by molar-refractivity contribution is -0.114. The lowest BCUT2D eigenvalue weighted by Gasteiger charge is -2.32. The van der Waals surface area contributed by atoms with E-state index in [1.807, 2.05) is 6.92 Å². The molecule has 22 heavy (non-hydrogen) atoms. The van der Waals surface area contributed by atoms with Gasteiger partial charge in [0.1, 0.15) is 5.75 Å². The largest absolute Gasteiger partial charge is 0.495 e. The molecule has 0 bridgehead atoms. The molecule has 1 atom stereocenters. The number of nitrogens with zero attached hydrogens (tertiary/aromatic N) is 1. The first-order chi connectivity index (χ1) is 10.4. The van der Waals surface area contributed by atoms with E-state index in [0.717, 1.165) is 19.3 Å². The van der Waals surface area contributed by atoms with Gasteiger partial charge in [0.05, 0.1) is 17.7 Å². The Morgan fingerprint density at radius 3 is 2.68 bits per heavy atom. The van der Waals surface area contributed by atoms with Crippen molar-refractivity contribution < 1.29 is 17.9 Å². The molecule has 1 aromatic rings. The standard InChI is InChI=1S/C15H22N2O4S/c1-11-6-4-5-9-17(11)22(19,20)13-7-8-15(21-3)14(10-13)16-12(2)18/h7-8,10-11H,4-6,9H2,1-3H3,(H,16,18)/t11-/m0/s1. The van der Waals surface area contributed by atoms with E-state index in [1.165, 1.54) is 30.5 Å². The molecular formula is C15H22N2O4S. The molecule has 1 aliphatic rings. The van der Waals surface area contributed by atoms with Gasteiger partial charge in [-0.3, -0.25) is 4.79 Å². The average molecular weight is 326 g/mol. The van der Waals surface area contributed by atoms with Crippen molar-refractivity contribution >= 4 is 21.6 Å². The molecule has 1 aliphatic heterocycles. The van der Waals surface area contributed by atoms with Crippen LogP contribution in [0.2, 0.25) is 0 Å². The Kier molecular flexibility index (Phi) is 5.08. The SMILES string of the molecule is COc1ccc(S(=O)(=O)N2CCCC[C@@H]2C)cc1NC(C)=O. The number of sulfonamides is 1. The quantitative estimate of drug-likeness (QED) is 0.920. The van der Waals surface area contributed by atoms with Crippen LogP contribution in [0.3, 0.4) is 0 Å². The summed E-state index contributed by atoms with van der Waals surface area (Å²) in [6.45, 7) is 3.83. The zero-order valence-corrected chi connectivity index (χ0v) is 13.9. The highest BCUT2D eigenvalue weighted by Crippen LogP contribution is 2.31. The number of amides is 1. The third-order valence-electron chi connectivity index (χ3n) is 3.83. The van der Waals surface area contributed by atoms with Crippen molar-refractivity contribution in [3.8, 4) is 5.75 Å². The van der Waals surface area contributed by atoms with E-state index in [1.54, 1.807) is 6.07 Å². The van der Waals surface area contributed by atoms with Crippen LogP contribution in [0.4, 0.5) is 5.69 Å². The molecule has 122 valence electrons. The molecule has 1 saturated heterocycles. The van der Waals surface area contributed by atoms with Gasteiger partial charge >= 0.3 is 0 Å². The second kappa shape index (κ2) is 6.66. The summed E-state index contributed by atoms with van der Waals surface area (Å²) >= 11 is 0. The fraction of sp³-hybridized carbons (Fsp3) is 0.533. The van der Waals surface area contributed by atoms with Crippen molar-refractivity contribution in [3.63, 3.8) is 0 Å². The molecule has 0 radical (unpaired) electrons. The average Bonchev–Trinajstić information content (AvgIpc) is 2.46. The van der Waals surface area contributed by atoms with Gasteiger partial charge in [0, 0.05) is 19.5 Å². The minimum atomic E-state index is -3.57. The van der Waals surface area contributed by atoms with Gasteiger partial charge in [-0.1, -0.05) is 6.42 Å². The van der Waals surface area contributed by atoms with E-state index >= 15 is 0 Å². The topological polar surface area (TPSA) is 75.7 Å².